The van der Waals surface area contributed by atoms with Gasteiger partial charge >= 0.3 is 5.97 Å². The van der Waals surface area contributed by atoms with Gasteiger partial charge in [0, 0.05) is 0 Å². The minimum atomic E-state index is -1.62. The van der Waals surface area contributed by atoms with E-state index >= 15 is 0 Å². The van der Waals surface area contributed by atoms with Gasteiger partial charge in [0.1, 0.15) is 42.7 Å². The van der Waals surface area contributed by atoms with Crippen molar-refractivity contribution in [3.05, 3.63) is 11.6 Å². The minimum Gasteiger partial charge on any atom is -0.481 e. The predicted molar refractivity (Wildman–Crippen MR) is 192 cm³/mol. The summed E-state index contributed by atoms with van der Waals surface area (Å²) in [7, 11) is 0. The molecule has 12 heteroatoms. The van der Waals surface area contributed by atoms with Crippen LogP contribution in [-0.2, 0) is 23.7 Å². The maximum absolute atomic E-state index is 13.0. The fraction of sp³-hybridized carbons (Fsp3) is 0.927. The van der Waals surface area contributed by atoms with Gasteiger partial charge in [-0.25, -0.2) is 0 Å². The molecule has 17 atom stereocenters. The highest BCUT2D eigenvalue weighted by molar-refractivity contribution is 5.76. The van der Waals surface area contributed by atoms with E-state index < -0.39 is 73.3 Å². The fourth-order valence-electron chi connectivity index (χ4n) is 13.4. The van der Waals surface area contributed by atoms with Gasteiger partial charge in [-0.15, -0.1) is 0 Å². The molecule has 2 heterocycles. The summed E-state index contributed by atoms with van der Waals surface area (Å²) in [6.07, 6.45) is -1.79. The first-order valence-electron chi connectivity index (χ1n) is 20.2. The zero-order valence-corrected chi connectivity index (χ0v) is 32.7. The molecule has 7 N–H and O–H groups in total. The Kier molecular flexibility index (Phi) is 10.2. The number of hydrogen-bond donors (Lipinski definition) is 7. The highest BCUT2D eigenvalue weighted by Gasteiger charge is 2.69. The maximum atomic E-state index is 13.0. The van der Waals surface area contributed by atoms with Crippen LogP contribution in [-0.4, -0.2) is 116 Å². The summed E-state index contributed by atoms with van der Waals surface area (Å²) >= 11 is 0. The first kappa shape index (κ1) is 40.0. The second kappa shape index (κ2) is 13.5. The van der Waals surface area contributed by atoms with Crippen molar-refractivity contribution in [2.24, 2.45) is 50.2 Å². The number of carbonyl (C=O) groups is 1. The van der Waals surface area contributed by atoms with Crippen molar-refractivity contribution in [3.8, 4) is 0 Å². The van der Waals surface area contributed by atoms with Gasteiger partial charge in [-0.1, -0.05) is 60.1 Å². The molecule has 0 aromatic carbocycles. The molecule has 4 unspecified atom stereocenters. The molecule has 53 heavy (non-hydrogen) atoms. The van der Waals surface area contributed by atoms with Crippen LogP contribution >= 0.6 is 0 Å². The lowest BCUT2D eigenvalue weighted by Crippen LogP contribution is -2.66. The van der Waals surface area contributed by atoms with Crippen LogP contribution in [0.1, 0.15) is 113 Å². The van der Waals surface area contributed by atoms with Crippen molar-refractivity contribution < 1.29 is 59.5 Å². The fourth-order valence-corrected chi connectivity index (χ4v) is 13.4. The Morgan fingerprint density at radius 3 is 2.19 bits per heavy atom. The third-order valence-corrected chi connectivity index (χ3v) is 16.9. The van der Waals surface area contributed by atoms with E-state index in [2.05, 4.69) is 54.5 Å². The smallest absolute Gasteiger partial charge is 0.310 e. The lowest BCUT2D eigenvalue weighted by molar-refractivity contribution is -0.370. The Labute approximate surface area is 314 Å². The van der Waals surface area contributed by atoms with Gasteiger partial charge < -0.3 is 54.7 Å². The minimum absolute atomic E-state index is 0.00263. The average molecular weight is 751 g/mol. The SMILES string of the molecule is CC1(C)CC[C@]2(C(=O)O)CC[C@]3(C)C(=CCC4[C@@]5(C)CCC(O[C@@H]6O[C@H](CO)[C@@H](O)[C@H](O)[C@H]6O[C@@H]6OC[C@H](O)[C@H](O)[C@H]6O)C(C)(C)C5CC[C@]43C)C2C1. The molecular formula is C41H66O12. The molecular weight excluding hydrogens is 684 g/mol. The molecule has 0 radical (unpaired) electrons. The number of aliphatic hydroxyl groups excluding tert-OH is 6. The standard InChI is InChI=1S/C41H66O12/c1-36(2)14-16-41(35(48)49)17-15-39(6)21(22(41)18-36)8-9-26-38(5)12-11-27(37(3,4)25(38)10-13-40(26,39)7)52-34-32(30(46)29(45)24(19-42)51-34)53-33-31(47)28(44)23(43)20-50-33/h8,22-34,42-47H,9-20H2,1-7H3,(H,48,49)/t22?,23-,24+,25?,26?,27?,28-,29+,30-,31+,32+,33-,34-,38-,39+,40+,41-/m0/s1. The number of rotatable bonds is 6. The Morgan fingerprint density at radius 2 is 1.51 bits per heavy atom. The van der Waals surface area contributed by atoms with E-state index in [9.17, 15) is 40.5 Å². The van der Waals surface area contributed by atoms with Gasteiger partial charge in [0.25, 0.3) is 0 Å². The molecule has 0 bridgehead atoms. The average Bonchev–Trinajstić information content (AvgIpc) is 3.08. The molecule has 0 spiro atoms. The van der Waals surface area contributed by atoms with Gasteiger partial charge in [-0.05, 0) is 109 Å². The first-order chi connectivity index (χ1) is 24.7. The van der Waals surface area contributed by atoms with Gasteiger partial charge in [0.05, 0.1) is 24.7 Å². The normalized spacial score (nSPS) is 53.3. The zero-order valence-electron chi connectivity index (χ0n) is 32.7. The molecule has 7 aliphatic rings. The van der Waals surface area contributed by atoms with E-state index in [0.717, 1.165) is 57.8 Å². The number of ether oxygens (including phenoxy) is 4. The topological polar surface area (TPSA) is 196 Å². The quantitative estimate of drug-likeness (QED) is 0.155. The molecule has 2 aliphatic heterocycles. The second-order valence-electron chi connectivity index (χ2n) is 20.2. The van der Waals surface area contributed by atoms with Crippen molar-refractivity contribution in [2.45, 2.75) is 174 Å². The predicted octanol–water partition coefficient (Wildman–Crippen LogP) is 3.52. The maximum Gasteiger partial charge on any atom is 0.310 e. The highest BCUT2D eigenvalue weighted by Crippen LogP contribution is 2.76. The summed E-state index contributed by atoms with van der Waals surface area (Å²) < 4.78 is 24.3. The van der Waals surface area contributed by atoms with E-state index in [1.165, 1.54) is 5.57 Å². The number of allylic oxidation sites excluding steroid dienone is 2. The van der Waals surface area contributed by atoms with Crippen molar-refractivity contribution in [1.29, 1.82) is 0 Å². The Morgan fingerprint density at radius 1 is 0.811 bits per heavy atom. The Hall–Kier alpha value is -1.19. The molecule has 4 saturated carbocycles. The molecule has 7 rings (SSSR count). The van der Waals surface area contributed by atoms with Crippen LogP contribution in [0.15, 0.2) is 11.6 Å². The monoisotopic (exact) mass is 750 g/mol. The van der Waals surface area contributed by atoms with Crippen molar-refractivity contribution in [1.82, 2.24) is 0 Å². The third kappa shape index (κ3) is 5.94. The van der Waals surface area contributed by atoms with Crippen molar-refractivity contribution in [3.63, 3.8) is 0 Å². The first-order valence-corrected chi connectivity index (χ1v) is 20.2. The summed E-state index contributed by atoms with van der Waals surface area (Å²) in [5.74, 6) is 0.0980. The molecule has 6 fully saturated rings. The molecule has 0 aromatic rings. The van der Waals surface area contributed by atoms with E-state index in [1.54, 1.807) is 0 Å². The van der Waals surface area contributed by atoms with Crippen LogP contribution in [0.4, 0.5) is 0 Å². The lowest BCUT2D eigenvalue weighted by Gasteiger charge is -2.71. The Bertz CT molecular complexity index is 1430. The summed E-state index contributed by atoms with van der Waals surface area (Å²) in [6.45, 7) is 15.6. The number of carboxylic acid groups (broad SMARTS) is 1. The molecule has 5 aliphatic carbocycles. The zero-order chi connectivity index (χ0) is 38.7. The van der Waals surface area contributed by atoms with Crippen LogP contribution in [0.3, 0.4) is 0 Å². The molecule has 302 valence electrons. The second-order valence-corrected chi connectivity index (χ2v) is 20.2. The number of fused-ring (bicyclic) bond motifs is 7. The van der Waals surface area contributed by atoms with E-state index in [4.69, 9.17) is 18.9 Å². The van der Waals surface area contributed by atoms with E-state index in [0.29, 0.717) is 12.3 Å². The van der Waals surface area contributed by atoms with Crippen LogP contribution < -0.4 is 0 Å². The summed E-state index contributed by atoms with van der Waals surface area (Å²) in [5, 5.41) is 73.6. The van der Waals surface area contributed by atoms with Crippen LogP contribution in [0, 0.1) is 50.2 Å². The molecule has 0 aromatic heterocycles. The van der Waals surface area contributed by atoms with Gasteiger partial charge in [-0.2, -0.15) is 0 Å². The number of carboxylic acids is 1. The highest BCUT2D eigenvalue weighted by atomic mass is 16.8. The van der Waals surface area contributed by atoms with Gasteiger partial charge in [0.15, 0.2) is 12.6 Å². The van der Waals surface area contributed by atoms with Crippen molar-refractivity contribution >= 4 is 5.97 Å². The molecule has 0 amide bonds. The molecule has 12 nitrogen and oxygen atoms in total. The van der Waals surface area contributed by atoms with E-state index in [-0.39, 0.29) is 51.6 Å². The molecule has 2 saturated heterocycles. The number of aliphatic hydroxyl groups is 6. The summed E-state index contributed by atoms with van der Waals surface area (Å²) in [5.41, 5.74) is 0.357. The van der Waals surface area contributed by atoms with Gasteiger partial charge in [-0.3, -0.25) is 4.79 Å². The summed E-state index contributed by atoms with van der Waals surface area (Å²) in [4.78, 5) is 13.0. The van der Waals surface area contributed by atoms with Crippen LogP contribution in [0.25, 0.3) is 0 Å². The third-order valence-electron chi connectivity index (χ3n) is 16.9. The van der Waals surface area contributed by atoms with E-state index in [1.807, 2.05) is 0 Å². The van der Waals surface area contributed by atoms with Crippen molar-refractivity contribution in [2.75, 3.05) is 13.2 Å². The lowest BCUT2D eigenvalue weighted by atomic mass is 9.33. The van der Waals surface area contributed by atoms with Gasteiger partial charge in [0.2, 0.25) is 0 Å². The van der Waals surface area contributed by atoms with Crippen LogP contribution in [0.5, 0.6) is 0 Å². The van der Waals surface area contributed by atoms with Crippen LogP contribution in [0.2, 0.25) is 0 Å². The largest absolute Gasteiger partial charge is 0.481 e. The Balaban J connectivity index is 1.15. The number of hydrogen-bond acceptors (Lipinski definition) is 11. The summed E-state index contributed by atoms with van der Waals surface area (Å²) in [6, 6.07) is 0. The number of aliphatic carboxylic acids is 1.